The van der Waals surface area contributed by atoms with Gasteiger partial charge in [0, 0.05) is 30.7 Å². The van der Waals surface area contributed by atoms with E-state index >= 15 is 0 Å². The molecular formula is C20H19FN4O2. The fourth-order valence-corrected chi connectivity index (χ4v) is 2.52. The van der Waals surface area contributed by atoms with Gasteiger partial charge in [-0.05, 0) is 48.5 Å². The molecule has 2 aromatic heterocycles. The molecule has 1 aromatic carbocycles. The minimum absolute atomic E-state index is 0.239. The smallest absolute Gasteiger partial charge is 0.211 e. The topological polar surface area (TPSA) is 67.3 Å². The molecule has 7 heteroatoms. The Morgan fingerprint density at radius 3 is 2.56 bits per heavy atom. The van der Waals surface area contributed by atoms with Crippen LogP contribution in [0.5, 0.6) is 5.75 Å². The Balaban J connectivity index is 0.000000197. The fraction of sp³-hybridized carbons (Fsp3) is 0.150. The van der Waals surface area contributed by atoms with Gasteiger partial charge in [-0.3, -0.25) is 9.78 Å². The zero-order chi connectivity index (χ0) is 19.1. The Morgan fingerprint density at radius 2 is 1.85 bits per heavy atom. The van der Waals surface area contributed by atoms with Crippen molar-refractivity contribution in [1.82, 2.24) is 9.97 Å². The van der Waals surface area contributed by atoms with E-state index in [1.165, 1.54) is 12.1 Å². The molecule has 27 heavy (non-hydrogen) atoms. The SMILES string of the molecule is CN1CCOc2ccc(-c3ccc(F)cc3)nc21.O=CNc1ccncc1. The van der Waals surface area contributed by atoms with Crippen LogP contribution in [-0.4, -0.2) is 36.6 Å². The van der Waals surface area contributed by atoms with Crippen molar-refractivity contribution >= 4 is 17.9 Å². The second-order valence-corrected chi connectivity index (χ2v) is 5.79. The number of hydrogen-bond acceptors (Lipinski definition) is 5. The number of ether oxygens (including phenoxy) is 1. The third-order valence-electron chi connectivity index (χ3n) is 3.93. The summed E-state index contributed by atoms with van der Waals surface area (Å²) >= 11 is 0. The highest BCUT2D eigenvalue weighted by atomic mass is 19.1. The summed E-state index contributed by atoms with van der Waals surface area (Å²) in [4.78, 5) is 20.2. The minimum Gasteiger partial charge on any atom is -0.488 e. The maximum absolute atomic E-state index is 12.9. The number of nitrogens with one attached hydrogen (secondary N) is 1. The molecule has 3 aromatic rings. The van der Waals surface area contributed by atoms with Gasteiger partial charge in [-0.25, -0.2) is 9.37 Å². The molecule has 4 rings (SSSR count). The molecule has 138 valence electrons. The summed E-state index contributed by atoms with van der Waals surface area (Å²) in [5.74, 6) is 1.40. The number of anilines is 2. The Labute approximate surface area is 156 Å². The normalized spacial score (nSPS) is 12.1. The molecule has 1 aliphatic heterocycles. The number of halogens is 1. The van der Waals surface area contributed by atoms with Gasteiger partial charge >= 0.3 is 0 Å². The molecule has 0 spiro atoms. The lowest BCUT2D eigenvalue weighted by Crippen LogP contribution is -2.29. The predicted molar refractivity (Wildman–Crippen MR) is 102 cm³/mol. The van der Waals surface area contributed by atoms with Crippen molar-refractivity contribution in [3.8, 4) is 17.0 Å². The van der Waals surface area contributed by atoms with Crippen molar-refractivity contribution < 1.29 is 13.9 Å². The number of amides is 1. The van der Waals surface area contributed by atoms with E-state index in [4.69, 9.17) is 4.74 Å². The summed E-state index contributed by atoms with van der Waals surface area (Å²) in [6, 6.07) is 13.6. The van der Waals surface area contributed by atoms with Crippen LogP contribution in [0.4, 0.5) is 15.9 Å². The summed E-state index contributed by atoms with van der Waals surface area (Å²) in [6.45, 7) is 1.51. The highest BCUT2D eigenvalue weighted by Gasteiger charge is 2.17. The molecular weight excluding hydrogens is 347 g/mol. The summed E-state index contributed by atoms with van der Waals surface area (Å²) < 4.78 is 18.4. The van der Waals surface area contributed by atoms with E-state index in [0.29, 0.717) is 13.0 Å². The van der Waals surface area contributed by atoms with Crippen LogP contribution in [0.25, 0.3) is 11.3 Å². The standard InChI is InChI=1S/C14H13FN2O.C6H6N2O/c1-17-8-9-18-13-7-6-12(16-14(13)17)10-2-4-11(15)5-3-10;9-5-8-6-1-3-7-4-2-6/h2-7H,8-9H2,1H3;1-5H,(H,7,8,9). The van der Waals surface area contributed by atoms with Gasteiger partial charge in [0.25, 0.3) is 0 Å². The minimum atomic E-state index is -0.239. The van der Waals surface area contributed by atoms with Crippen molar-refractivity contribution in [2.75, 3.05) is 30.4 Å². The molecule has 0 atom stereocenters. The average molecular weight is 366 g/mol. The number of carbonyl (C=O) groups is 1. The molecule has 3 heterocycles. The summed E-state index contributed by atoms with van der Waals surface area (Å²) in [6.07, 6.45) is 3.87. The molecule has 0 saturated carbocycles. The van der Waals surface area contributed by atoms with Crippen LogP contribution in [0.1, 0.15) is 0 Å². The van der Waals surface area contributed by atoms with Crippen LogP contribution in [0, 0.1) is 5.82 Å². The first-order valence-electron chi connectivity index (χ1n) is 8.38. The van der Waals surface area contributed by atoms with Crippen molar-refractivity contribution in [2.45, 2.75) is 0 Å². The van der Waals surface area contributed by atoms with Crippen LogP contribution in [0.15, 0.2) is 60.9 Å². The fourth-order valence-electron chi connectivity index (χ4n) is 2.52. The van der Waals surface area contributed by atoms with Crippen LogP contribution in [0.2, 0.25) is 0 Å². The zero-order valence-electron chi connectivity index (χ0n) is 14.8. The van der Waals surface area contributed by atoms with Gasteiger partial charge in [0.2, 0.25) is 6.41 Å². The van der Waals surface area contributed by atoms with E-state index in [-0.39, 0.29) is 5.82 Å². The Kier molecular flexibility index (Phi) is 5.94. The van der Waals surface area contributed by atoms with Crippen molar-refractivity contribution in [3.05, 3.63) is 66.7 Å². The van der Waals surface area contributed by atoms with Crippen LogP contribution in [0.3, 0.4) is 0 Å². The lowest BCUT2D eigenvalue weighted by Gasteiger charge is -2.26. The number of rotatable bonds is 3. The summed E-state index contributed by atoms with van der Waals surface area (Å²) in [5.41, 5.74) is 2.49. The van der Waals surface area contributed by atoms with E-state index in [2.05, 4.69) is 20.2 Å². The molecule has 0 unspecified atom stereocenters. The Morgan fingerprint density at radius 1 is 1.11 bits per heavy atom. The molecule has 0 saturated heterocycles. The molecule has 0 aliphatic carbocycles. The van der Waals surface area contributed by atoms with Gasteiger partial charge in [0.1, 0.15) is 12.4 Å². The second kappa shape index (κ2) is 8.75. The van der Waals surface area contributed by atoms with Gasteiger partial charge in [-0.1, -0.05) is 0 Å². The molecule has 0 fully saturated rings. The predicted octanol–water partition coefficient (Wildman–Crippen LogP) is 3.37. The Hall–Kier alpha value is -3.48. The number of likely N-dealkylation sites (N-methyl/N-ethyl adjacent to an activating group) is 1. The summed E-state index contributed by atoms with van der Waals surface area (Å²) in [5, 5.41) is 2.49. The van der Waals surface area contributed by atoms with E-state index in [0.717, 1.165) is 35.1 Å². The maximum atomic E-state index is 12.9. The molecule has 0 bridgehead atoms. The lowest BCUT2D eigenvalue weighted by molar-refractivity contribution is -0.105. The van der Waals surface area contributed by atoms with Gasteiger partial charge in [-0.15, -0.1) is 0 Å². The third-order valence-corrected chi connectivity index (χ3v) is 3.93. The van der Waals surface area contributed by atoms with Crippen molar-refractivity contribution in [3.63, 3.8) is 0 Å². The van der Waals surface area contributed by atoms with E-state index in [1.807, 2.05) is 19.2 Å². The number of pyridine rings is 2. The molecule has 1 amide bonds. The highest BCUT2D eigenvalue weighted by Crippen LogP contribution is 2.31. The van der Waals surface area contributed by atoms with Gasteiger partial charge in [0.15, 0.2) is 11.6 Å². The molecule has 1 aliphatic rings. The maximum Gasteiger partial charge on any atom is 0.211 e. The van der Waals surface area contributed by atoms with Gasteiger partial charge in [-0.2, -0.15) is 0 Å². The van der Waals surface area contributed by atoms with Crippen LogP contribution >= 0.6 is 0 Å². The summed E-state index contributed by atoms with van der Waals surface area (Å²) in [7, 11) is 1.99. The van der Waals surface area contributed by atoms with Crippen LogP contribution in [-0.2, 0) is 4.79 Å². The second-order valence-electron chi connectivity index (χ2n) is 5.79. The van der Waals surface area contributed by atoms with Crippen molar-refractivity contribution in [1.29, 1.82) is 0 Å². The Bertz CT molecular complexity index is 888. The average Bonchev–Trinajstić information content (AvgIpc) is 2.70. The van der Waals surface area contributed by atoms with Gasteiger partial charge < -0.3 is 15.0 Å². The van der Waals surface area contributed by atoms with E-state index in [9.17, 15) is 9.18 Å². The molecule has 0 radical (unpaired) electrons. The first-order valence-corrected chi connectivity index (χ1v) is 8.38. The monoisotopic (exact) mass is 366 g/mol. The number of nitrogens with zero attached hydrogens (tertiary/aromatic N) is 3. The zero-order valence-corrected chi connectivity index (χ0v) is 14.8. The lowest BCUT2D eigenvalue weighted by atomic mass is 10.1. The third kappa shape index (κ3) is 4.78. The quantitative estimate of drug-likeness (QED) is 0.720. The number of benzene rings is 1. The van der Waals surface area contributed by atoms with Gasteiger partial charge in [0.05, 0.1) is 12.2 Å². The number of fused-ring (bicyclic) bond motifs is 1. The largest absolute Gasteiger partial charge is 0.488 e. The van der Waals surface area contributed by atoms with E-state index in [1.54, 1.807) is 36.7 Å². The first kappa shape index (κ1) is 18.3. The molecule has 6 nitrogen and oxygen atoms in total. The molecule has 1 N–H and O–H groups in total. The number of hydrogen-bond donors (Lipinski definition) is 1. The number of aromatic nitrogens is 2. The number of carbonyl (C=O) groups excluding carboxylic acids is 1. The van der Waals surface area contributed by atoms with Crippen molar-refractivity contribution in [2.24, 2.45) is 0 Å². The van der Waals surface area contributed by atoms with Crippen LogP contribution < -0.4 is 15.0 Å². The van der Waals surface area contributed by atoms with E-state index < -0.39 is 0 Å². The first-order chi connectivity index (χ1) is 13.2. The highest BCUT2D eigenvalue weighted by molar-refractivity contribution is 5.70.